The molecular weight excluding hydrogens is 506 g/mol. The summed E-state index contributed by atoms with van der Waals surface area (Å²) in [5, 5.41) is 7.30. The van der Waals surface area contributed by atoms with Crippen LogP contribution in [0.15, 0.2) is 36.4 Å². The second-order valence-electron chi connectivity index (χ2n) is 6.61. The Hall–Kier alpha value is -0.760. The lowest BCUT2D eigenvalue weighted by atomic mass is 10.2. The summed E-state index contributed by atoms with van der Waals surface area (Å²) in [6.45, 7) is 3.70. The number of hydrogen-bond donors (Lipinski definition) is 2. The molecule has 0 spiro atoms. The number of amides is 2. The van der Waals surface area contributed by atoms with Gasteiger partial charge in [-0.25, -0.2) is 0 Å². The van der Waals surface area contributed by atoms with Gasteiger partial charge < -0.3 is 10.6 Å². The lowest BCUT2D eigenvalue weighted by molar-refractivity contribution is -0.119. The van der Waals surface area contributed by atoms with Crippen molar-refractivity contribution in [3.63, 3.8) is 0 Å². The zero-order chi connectivity index (χ0) is 22.3. The van der Waals surface area contributed by atoms with Crippen molar-refractivity contribution in [3.8, 4) is 0 Å². The fourth-order valence-electron chi connectivity index (χ4n) is 2.13. The fourth-order valence-corrected chi connectivity index (χ4v) is 5.43. The molecule has 2 aromatic rings. The fraction of sp³-hybridized carbons (Fsp3) is 0.300. The van der Waals surface area contributed by atoms with Crippen LogP contribution >= 0.6 is 68.0 Å². The van der Waals surface area contributed by atoms with E-state index < -0.39 is 0 Å². The van der Waals surface area contributed by atoms with Crippen molar-refractivity contribution in [2.45, 2.75) is 13.8 Å². The van der Waals surface area contributed by atoms with Crippen molar-refractivity contribution in [2.75, 3.05) is 22.1 Å². The number of hydrogen-bond acceptors (Lipinski definition) is 4. The van der Waals surface area contributed by atoms with Crippen LogP contribution in [0.5, 0.6) is 0 Å². The normalized spacial score (nSPS) is 12.9. The maximum absolute atomic E-state index is 12.3. The molecule has 2 N–H and O–H groups in total. The lowest BCUT2D eigenvalue weighted by Gasteiger charge is -2.14. The first kappa shape index (κ1) is 25.5. The third kappa shape index (κ3) is 8.06. The molecular formula is C20H20Cl4N2O2S2. The molecule has 0 fully saturated rings. The van der Waals surface area contributed by atoms with Crippen LogP contribution in [0.4, 0.5) is 11.4 Å². The minimum absolute atomic E-state index is 0.105. The molecule has 0 aliphatic carbocycles. The molecule has 162 valence electrons. The molecule has 0 radical (unpaired) electrons. The van der Waals surface area contributed by atoms with Gasteiger partial charge in [0, 0.05) is 34.7 Å². The number of benzene rings is 2. The van der Waals surface area contributed by atoms with Crippen molar-refractivity contribution in [2.24, 2.45) is 11.8 Å². The van der Waals surface area contributed by atoms with Crippen LogP contribution in [0.3, 0.4) is 0 Å². The Kier molecular flexibility index (Phi) is 10.5. The summed E-state index contributed by atoms with van der Waals surface area (Å²) >= 11 is 23.7. The molecule has 4 nitrogen and oxygen atoms in total. The summed E-state index contributed by atoms with van der Waals surface area (Å²) < 4.78 is 0. The molecule has 0 aliphatic heterocycles. The Morgan fingerprint density at radius 2 is 1.10 bits per heavy atom. The van der Waals surface area contributed by atoms with Crippen molar-refractivity contribution in [1.82, 2.24) is 0 Å². The lowest BCUT2D eigenvalue weighted by Crippen LogP contribution is -2.23. The molecule has 0 saturated carbocycles. The van der Waals surface area contributed by atoms with Gasteiger partial charge in [0.15, 0.2) is 0 Å². The second kappa shape index (κ2) is 12.3. The monoisotopic (exact) mass is 524 g/mol. The van der Waals surface area contributed by atoms with Crippen LogP contribution in [-0.4, -0.2) is 23.3 Å². The van der Waals surface area contributed by atoms with Crippen LogP contribution < -0.4 is 10.6 Å². The van der Waals surface area contributed by atoms with Gasteiger partial charge in [0.05, 0.1) is 20.1 Å². The van der Waals surface area contributed by atoms with Crippen molar-refractivity contribution in [1.29, 1.82) is 0 Å². The standard InChI is InChI=1S/C20H20Cl4N2O2S2/c1-11(19(27)25-13-3-5-15(21)17(23)7-13)9-29-30-10-12(2)20(28)26-14-4-6-16(22)18(24)8-14/h3-8,11-12H,9-10H2,1-2H3,(H,25,27)(H,26,28). The van der Waals surface area contributed by atoms with Gasteiger partial charge in [0.1, 0.15) is 0 Å². The molecule has 0 aliphatic rings. The Morgan fingerprint density at radius 3 is 1.43 bits per heavy atom. The van der Waals surface area contributed by atoms with Gasteiger partial charge in [-0.15, -0.1) is 0 Å². The molecule has 0 heterocycles. The van der Waals surface area contributed by atoms with Gasteiger partial charge in [-0.3, -0.25) is 9.59 Å². The van der Waals surface area contributed by atoms with Gasteiger partial charge in [-0.05, 0) is 36.4 Å². The predicted octanol–water partition coefficient (Wildman–Crippen LogP) is 7.53. The van der Waals surface area contributed by atoms with Gasteiger partial charge in [-0.2, -0.15) is 0 Å². The maximum Gasteiger partial charge on any atom is 0.228 e. The highest BCUT2D eigenvalue weighted by molar-refractivity contribution is 8.76. The molecule has 0 saturated heterocycles. The minimum atomic E-state index is -0.211. The van der Waals surface area contributed by atoms with E-state index in [1.165, 1.54) is 0 Å². The van der Waals surface area contributed by atoms with Crippen LogP contribution in [-0.2, 0) is 9.59 Å². The minimum Gasteiger partial charge on any atom is -0.326 e. The quantitative estimate of drug-likeness (QED) is 0.262. The SMILES string of the molecule is CC(CSSCC(C)C(=O)Nc1ccc(Cl)c(Cl)c1)C(=O)Nc1ccc(Cl)c(Cl)c1. The van der Waals surface area contributed by atoms with E-state index in [4.69, 9.17) is 46.4 Å². The van der Waals surface area contributed by atoms with E-state index in [1.54, 1.807) is 58.0 Å². The number of rotatable bonds is 9. The average molecular weight is 526 g/mol. The van der Waals surface area contributed by atoms with Crippen LogP contribution in [0.25, 0.3) is 0 Å². The largest absolute Gasteiger partial charge is 0.326 e. The molecule has 2 amide bonds. The summed E-state index contributed by atoms with van der Waals surface area (Å²) in [5.41, 5.74) is 1.21. The zero-order valence-corrected chi connectivity index (χ0v) is 20.8. The molecule has 0 aromatic heterocycles. The summed E-state index contributed by atoms with van der Waals surface area (Å²) in [6.07, 6.45) is 0. The van der Waals surface area contributed by atoms with E-state index in [2.05, 4.69) is 10.6 Å². The first-order chi connectivity index (χ1) is 14.2. The molecule has 2 rings (SSSR count). The second-order valence-corrected chi connectivity index (χ2v) is 10.8. The van der Waals surface area contributed by atoms with Crippen molar-refractivity contribution >= 4 is 91.2 Å². The van der Waals surface area contributed by atoms with Crippen LogP contribution in [0.2, 0.25) is 20.1 Å². The Bertz CT molecular complexity index is 841. The van der Waals surface area contributed by atoms with Crippen LogP contribution in [0, 0.1) is 11.8 Å². The summed E-state index contributed by atoms with van der Waals surface area (Å²) in [5.74, 6) is 0.589. The van der Waals surface area contributed by atoms with E-state index >= 15 is 0 Å². The Morgan fingerprint density at radius 1 is 0.733 bits per heavy atom. The molecule has 2 aromatic carbocycles. The molecule has 10 heteroatoms. The van der Waals surface area contributed by atoms with Gasteiger partial charge in [0.25, 0.3) is 0 Å². The number of carbonyl (C=O) groups excluding carboxylic acids is 2. The topological polar surface area (TPSA) is 58.2 Å². The van der Waals surface area contributed by atoms with E-state index in [1.807, 2.05) is 13.8 Å². The summed E-state index contributed by atoms with van der Waals surface area (Å²) in [6, 6.07) is 9.91. The first-order valence-corrected chi connectivity index (χ1v) is 12.9. The molecule has 2 unspecified atom stereocenters. The van der Waals surface area contributed by atoms with E-state index in [9.17, 15) is 9.59 Å². The van der Waals surface area contributed by atoms with Crippen molar-refractivity contribution in [3.05, 3.63) is 56.5 Å². The smallest absolute Gasteiger partial charge is 0.228 e. The van der Waals surface area contributed by atoms with E-state index in [0.29, 0.717) is 43.0 Å². The average Bonchev–Trinajstić information content (AvgIpc) is 2.70. The highest BCUT2D eigenvalue weighted by Gasteiger charge is 2.17. The number of carbonyl (C=O) groups is 2. The van der Waals surface area contributed by atoms with Crippen molar-refractivity contribution < 1.29 is 9.59 Å². The third-order valence-corrected chi connectivity index (χ3v) is 8.22. The zero-order valence-electron chi connectivity index (χ0n) is 16.2. The first-order valence-electron chi connectivity index (χ1n) is 8.93. The van der Waals surface area contributed by atoms with Gasteiger partial charge in [-0.1, -0.05) is 81.8 Å². The Labute approximate surface area is 204 Å². The number of nitrogens with one attached hydrogen (secondary N) is 2. The summed E-state index contributed by atoms with van der Waals surface area (Å²) in [7, 11) is 3.10. The maximum atomic E-state index is 12.3. The molecule has 30 heavy (non-hydrogen) atoms. The summed E-state index contributed by atoms with van der Waals surface area (Å²) in [4.78, 5) is 24.6. The highest BCUT2D eigenvalue weighted by Crippen LogP contribution is 2.29. The van der Waals surface area contributed by atoms with Gasteiger partial charge >= 0.3 is 0 Å². The van der Waals surface area contributed by atoms with Crippen LogP contribution in [0.1, 0.15) is 13.8 Å². The number of halogens is 4. The predicted molar refractivity (Wildman–Crippen MR) is 133 cm³/mol. The third-order valence-electron chi connectivity index (χ3n) is 3.99. The van der Waals surface area contributed by atoms with E-state index in [-0.39, 0.29) is 23.7 Å². The Balaban J connectivity index is 1.71. The molecule has 0 bridgehead atoms. The number of anilines is 2. The highest BCUT2D eigenvalue weighted by atomic mass is 35.5. The van der Waals surface area contributed by atoms with Gasteiger partial charge in [0.2, 0.25) is 11.8 Å². The van der Waals surface area contributed by atoms with E-state index in [0.717, 1.165) is 0 Å². The molecule has 2 atom stereocenters.